The molecule has 98 valence electrons. The molecule has 1 aromatic heterocycles. The van der Waals surface area contributed by atoms with Gasteiger partial charge in [0.2, 0.25) is 11.8 Å². The van der Waals surface area contributed by atoms with Crippen molar-refractivity contribution >= 4 is 23.2 Å². The van der Waals surface area contributed by atoms with Crippen molar-refractivity contribution in [2.75, 3.05) is 20.1 Å². The van der Waals surface area contributed by atoms with E-state index in [1.54, 1.807) is 28.2 Å². The highest BCUT2D eigenvalue weighted by Crippen LogP contribution is 2.20. The number of hydrogen-bond acceptors (Lipinski definition) is 3. The first-order valence-corrected chi connectivity index (χ1v) is 7.10. The van der Waals surface area contributed by atoms with Crippen LogP contribution in [0.1, 0.15) is 18.9 Å². The molecule has 0 aliphatic carbocycles. The Labute approximate surface area is 111 Å². The van der Waals surface area contributed by atoms with Gasteiger partial charge in [-0.2, -0.15) is 11.3 Å². The van der Waals surface area contributed by atoms with Crippen molar-refractivity contribution in [1.82, 2.24) is 9.80 Å². The predicted octanol–water partition coefficient (Wildman–Crippen LogP) is 1.57. The van der Waals surface area contributed by atoms with Crippen LogP contribution in [-0.4, -0.2) is 41.8 Å². The summed E-state index contributed by atoms with van der Waals surface area (Å²) in [7, 11) is 1.80. The molecule has 0 saturated carbocycles. The fourth-order valence-electron chi connectivity index (χ4n) is 2.29. The number of thiophene rings is 1. The molecule has 1 atom stereocenters. The number of likely N-dealkylation sites (tertiary alicyclic amines) is 1. The van der Waals surface area contributed by atoms with Crippen LogP contribution in [-0.2, 0) is 16.1 Å². The molecule has 2 heterocycles. The van der Waals surface area contributed by atoms with Gasteiger partial charge in [-0.05, 0) is 29.3 Å². The van der Waals surface area contributed by atoms with Crippen molar-refractivity contribution in [3.63, 3.8) is 0 Å². The van der Waals surface area contributed by atoms with Gasteiger partial charge in [0, 0.05) is 33.1 Å². The van der Waals surface area contributed by atoms with E-state index < -0.39 is 0 Å². The first-order valence-electron chi connectivity index (χ1n) is 6.15. The quantitative estimate of drug-likeness (QED) is 0.830. The molecule has 0 radical (unpaired) electrons. The molecule has 4 nitrogen and oxygen atoms in total. The van der Waals surface area contributed by atoms with Crippen molar-refractivity contribution in [1.29, 1.82) is 0 Å². The van der Waals surface area contributed by atoms with Crippen LogP contribution in [0.25, 0.3) is 0 Å². The minimum atomic E-state index is -0.166. The molecule has 2 amide bonds. The van der Waals surface area contributed by atoms with Crippen LogP contribution in [0.2, 0.25) is 0 Å². The molecule has 1 aliphatic heterocycles. The summed E-state index contributed by atoms with van der Waals surface area (Å²) in [6.45, 7) is 3.83. The summed E-state index contributed by atoms with van der Waals surface area (Å²) in [5.74, 6) is 0.00590. The molecular weight excluding hydrogens is 248 g/mol. The third kappa shape index (κ3) is 2.72. The van der Waals surface area contributed by atoms with E-state index in [1.807, 2.05) is 23.8 Å². The van der Waals surface area contributed by atoms with E-state index in [0.29, 0.717) is 26.1 Å². The SMILES string of the molecule is CCN1CC(C(=O)N(C)Cc2ccsc2)CC1=O. The van der Waals surface area contributed by atoms with E-state index in [0.717, 1.165) is 5.56 Å². The molecule has 5 heteroatoms. The van der Waals surface area contributed by atoms with Crippen LogP contribution in [0, 0.1) is 5.92 Å². The van der Waals surface area contributed by atoms with Crippen LogP contribution < -0.4 is 0 Å². The fraction of sp³-hybridized carbons (Fsp3) is 0.538. The molecule has 1 aliphatic rings. The Kier molecular flexibility index (Phi) is 4.01. The van der Waals surface area contributed by atoms with Gasteiger partial charge < -0.3 is 9.80 Å². The summed E-state index contributed by atoms with van der Waals surface area (Å²) in [6.07, 6.45) is 0.362. The lowest BCUT2D eigenvalue weighted by atomic mass is 10.1. The van der Waals surface area contributed by atoms with E-state index in [1.165, 1.54) is 0 Å². The average molecular weight is 266 g/mol. The molecule has 0 aromatic carbocycles. The Balaban J connectivity index is 1.93. The second-order valence-corrected chi connectivity index (χ2v) is 5.44. The summed E-state index contributed by atoms with van der Waals surface area (Å²) < 4.78 is 0. The Morgan fingerprint density at radius 2 is 2.39 bits per heavy atom. The van der Waals surface area contributed by atoms with E-state index in [2.05, 4.69) is 0 Å². The average Bonchev–Trinajstić information content (AvgIpc) is 2.97. The number of amides is 2. The first kappa shape index (κ1) is 13.1. The number of carbonyl (C=O) groups is 2. The standard InChI is InChI=1S/C13H18N2O2S/c1-3-15-8-11(6-12(15)16)13(17)14(2)7-10-4-5-18-9-10/h4-5,9,11H,3,6-8H2,1-2H3. The highest BCUT2D eigenvalue weighted by atomic mass is 32.1. The molecule has 1 aromatic rings. The summed E-state index contributed by atoms with van der Waals surface area (Å²) in [5.41, 5.74) is 1.15. The fourth-order valence-corrected chi connectivity index (χ4v) is 2.95. The number of carbonyl (C=O) groups excluding carboxylic acids is 2. The second-order valence-electron chi connectivity index (χ2n) is 4.66. The molecule has 0 spiro atoms. The topological polar surface area (TPSA) is 40.6 Å². The summed E-state index contributed by atoms with van der Waals surface area (Å²) in [6, 6.07) is 2.02. The van der Waals surface area contributed by atoms with Crippen LogP contribution in [0.5, 0.6) is 0 Å². The first-order chi connectivity index (χ1) is 8.61. The van der Waals surface area contributed by atoms with Crippen LogP contribution in [0.3, 0.4) is 0 Å². The Morgan fingerprint density at radius 1 is 1.61 bits per heavy atom. The van der Waals surface area contributed by atoms with Crippen molar-refractivity contribution < 1.29 is 9.59 Å². The zero-order valence-electron chi connectivity index (χ0n) is 10.8. The van der Waals surface area contributed by atoms with Gasteiger partial charge >= 0.3 is 0 Å². The molecule has 1 saturated heterocycles. The Bertz CT molecular complexity index is 430. The minimum absolute atomic E-state index is 0.0745. The van der Waals surface area contributed by atoms with Crippen LogP contribution >= 0.6 is 11.3 Å². The third-order valence-electron chi connectivity index (χ3n) is 3.32. The Hall–Kier alpha value is -1.36. The van der Waals surface area contributed by atoms with Gasteiger partial charge in [-0.25, -0.2) is 0 Å². The largest absolute Gasteiger partial charge is 0.342 e. The molecular formula is C13H18N2O2S. The summed E-state index contributed by atoms with van der Waals surface area (Å²) in [4.78, 5) is 27.3. The molecule has 0 N–H and O–H groups in total. The molecule has 0 bridgehead atoms. The lowest BCUT2D eigenvalue weighted by molar-refractivity contribution is -0.135. The lowest BCUT2D eigenvalue weighted by Gasteiger charge is -2.20. The maximum Gasteiger partial charge on any atom is 0.228 e. The van der Waals surface area contributed by atoms with Gasteiger partial charge in [-0.1, -0.05) is 0 Å². The van der Waals surface area contributed by atoms with Crippen LogP contribution in [0.4, 0.5) is 0 Å². The van der Waals surface area contributed by atoms with Gasteiger partial charge in [-0.15, -0.1) is 0 Å². The smallest absolute Gasteiger partial charge is 0.228 e. The Morgan fingerprint density at radius 3 is 2.94 bits per heavy atom. The number of nitrogens with zero attached hydrogens (tertiary/aromatic N) is 2. The van der Waals surface area contributed by atoms with Gasteiger partial charge in [0.25, 0.3) is 0 Å². The summed E-state index contributed by atoms with van der Waals surface area (Å²) in [5, 5.41) is 4.05. The molecule has 1 unspecified atom stereocenters. The zero-order valence-corrected chi connectivity index (χ0v) is 11.6. The summed E-state index contributed by atoms with van der Waals surface area (Å²) >= 11 is 1.63. The number of hydrogen-bond donors (Lipinski definition) is 0. The molecule has 18 heavy (non-hydrogen) atoms. The van der Waals surface area contributed by atoms with Gasteiger partial charge in [0.15, 0.2) is 0 Å². The zero-order chi connectivity index (χ0) is 13.1. The molecule has 2 rings (SSSR count). The van der Waals surface area contributed by atoms with E-state index in [-0.39, 0.29) is 17.7 Å². The second kappa shape index (κ2) is 5.52. The van der Waals surface area contributed by atoms with Gasteiger partial charge in [-0.3, -0.25) is 9.59 Å². The van der Waals surface area contributed by atoms with E-state index in [9.17, 15) is 9.59 Å². The van der Waals surface area contributed by atoms with Crippen molar-refractivity contribution in [3.05, 3.63) is 22.4 Å². The monoisotopic (exact) mass is 266 g/mol. The highest BCUT2D eigenvalue weighted by molar-refractivity contribution is 7.07. The highest BCUT2D eigenvalue weighted by Gasteiger charge is 2.34. The van der Waals surface area contributed by atoms with E-state index >= 15 is 0 Å². The van der Waals surface area contributed by atoms with Crippen molar-refractivity contribution in [2.24, 2.45) is 5.92 Å². The van der Waals surface area contributed by atoms with Crippen LogP contribution in [0.15, 0.2) is 16.8 Å². The van der Waals surface area contributed by atoms with Gasteiger partial charge in [0.05, 0.1) is 5.92 Å². The minimum Gasteiger partial charge on any atom is -0.342 e. The maximum absolute atomic E-state index is 12.2. The van der Waals surface area contributed by atoms with Crippen molar-refractivity contribution in [2.45, 2.75) is 19.9 Å². The van der Waals surface area contributed by atoms with Crippen molar-refractivity contribution in [3.8, 4) is 0 Å². The number of rotatable bonds is 4. The lowest BCUT2D eigenvalue weighted by Crippen LogP contribution is -2.34. The van der Waals surface area contributed by atoms with E-state index in [4.69, 9.17) is 0 Å². The maximum atomic E-state index is 12.2. The normalized spacial score (nSPS) is 19.3. The molecule has 1 fully saturated rings. The van der Waals surface area contributed by atoms with Gasteiger partial charge in [0.1, 0.15) is 0 Å². The third-order valence-corrected chi connectivity index (χ3v) is 4.05. The predicted molar refractivity (Wildman–Crippen MR) is 71.2 cm³/mol.